The van der Waals surface area contributed by atoms with E-state index in [-0.39, 0.29) is 23.5 Å². The lowest BCUT2D eigenvalue weighted by atomic mass is 9.73. The number of methoxy groups -OCH3 is 1. The Morgan fingerprint density at radius 2 is 2.43 bits per heavy atom. The van der Waals surface area contributed by atoms with Gasteiger partial charge in [0.25, 0.3) is 0 Å². The summed E-state index contributed by atoms with van der Waals surface area (Å²) < 4.78 is 11.5. The number of pyridine rings is 1. The molecule has 2 unspecified atom stereocenters. The van der Waals surface area contributed by atoms with Crippen LogP contribution in [0.4, 0.5) is 0 Å². The summed E-state index contributed by atoms with van der Waals surface area (Å²) in [5.74, 6) is 0.869. The Balaban J connectivity index is 1.51. The van der Waals surface area contributed by atoms with Gasteiger partial charge >= 0.3 is 0 Å². The molecule has 0 aromatic carbocycles. The zero-order valence-corrected chi connectivity index (χ0v) is 13.5. The van der Waals surface area contributed by atoms with Gasteiger partial charge in [-0.05, 0) is 25.3 Å². The Labute approximate surface area is 136 Å². The number of hydrogen-bond donors (Lipinski definition) is 1. The fraction of sp³-hybridized carbons (Fsp3) is 0.647. The second-order valence-electron chi connectivity index (χ2n) is 6.83. The van der Waals surface area contributed by atoms with Gasteiger partial charge in [-0.3, -0.25) is 9.69 Å². The molecule has 4 rings (SSSR count). The van der Waals surface area contributed by atoms with Gasteiger partial charge in [-0.1, -0.05) is 6.07 Å². The van der Waals surface area contributed by atoms with Gasteiger partial charge in [0, 0.05) is 37.9 Å². The van der Waals surface area contributed by atoms with E-state index in [4.69, 9.17) is 9.47 Å². The van der Waals surface area contributed by atoms with Gasteiger partial charge in [0.05, 0.1) is 24.7 Å². The molecule has 3 aliphatic heterocycles. The van der Waals surface area contributed by atoms with Crippen molar-refractivity contribution in [1.82, 2.24) is 15.2 Å². The molecule has 0 radical (unpaired) electrons. The number of nitrogens with one attached hydrogen (secondary N) is 1. The third kappa shape index (κ3) is 2.50. The van der Waals surface area contributed by atoms with Gasteiger partial charge in [-0.2, -0.15) is 0 Å². The van der Waals surface area contributed by atoms with Gasteiger partial charge in [-0.25, -0.2) is 4.98 Å². The number of fused-ring (bicyclic) bond motifs is 3. The van der Waals surface area contributed by atoms with Crippen molar-refractivity contribution in [2.45, 2.75) is 38.0 Å². The van der Waals surface area contributed by atoms with Crippen molar-refractivity contribution in [3.05, 3.63) is 23.9 Å². The number of likely N-dealkylation sites (tertiary alicyclic amines) is 1. The lowest BCUT2D eigenvalue weighted by molar-refractivity contribution is -0.140. The maximum absolute atomic E-state index is 12.5. The average molecular weight is 317 g/mol. The van der Waals surface area contributed by atoms with E-state index in [0.717, 1.165) is 51.0 Å². The third-order valence-corrected chi connectivity index (χ3v) is 5.43. The second kappa shape index (κ2) is 5.76. The fourth-order valence-electron chi connectivity index (χ4n) is 4.37. The van der Waals surface area contributed by atoms with Crippen LogP contribution in [0, 0.1) is 5.41 Å². The van der Waals surface area contributed by atoms with Crippen molar-refractivity contribution in [3.63, 3.8) is 0 Å². The van der Waals surface area contributed by atoms with E-state index in [1.54, 1.807) is 13.3 Å². The van der Waals surface area contributed by atoms with Crippen LogP contribution in [-0.4, -0.2) is 54.7 Å². The largest absolute Gasteiger partial charge is 0.481 e. The van der Waals surface area contributed by atoms with Crippen LogP contribution in [0.15, 0.2) is 18.3 Å². The van der Waals surface area contributed by atoms with Gasteiger partial charge in [0.1, 0.15) is 0 Å². The van der Waals surface area contributed by atoms with Crippen LogP contribution in [0.5, 0.6) is 5.88 Å². The summed E-state index contributed by atoms with van der Waals surface area (Å²) in [6.45, 7) is 3.24. The van der Waals surface area contributed by atoms with Crippen LogP contribution in [-0.2, 0) is 16.1 Å². The molecular formula is C17H23N3O3. The predicted molar refractivity (Wildman–Crippen MR) is 84.0 cm³/mol. The fourth-order valence-corrected chi connectivity index (χ4v) is 4.37. The van der Waals surface area contributed by atoms with Crippen LogP contribution in [0.3, 0.4) is 0 Å². The summed E-state index contributed by atoms with van der Waals surface area (Å²) in [5, 5.41) is 3.04. The van der Waals surface area contributed by atoms with Crippen LogP contribution < -0.4 is 10.1 Å². The highest BCUT2D eigenvalue weighted by Gasteiger charge is 2.56. The number of carbonyl (C=O) groups is 1. The Morgan fingerprint density at radius 1 is 1.52 bits per heavy atom. The van der Waals surface area contributed by atoms with Crippen molar-refractivity contribution < 1.29 is 14.3 Å². The van der Waals surface area contributed by atoms with E-state index in [0.29, 0.717) is 5.88 Å². The second-order valence-corrected chi connectivity index (χ2v) is 6.83. The number of amides is 1. The molecule has 2 bridgehead atoms. The molecule has 1 amide bonds. The molecule has 3 fully saturated rings. The minimum Gasteiger partial charge on any atom is -0.481 e. The molecule has 6 nitrogen and oxygen atoms in total. The lowest BCUT2D eigenvalue weighted by Crippen LogP contribution is -2.53. The average Bonchev–Trinajstić information content (AvgIpc) is 2.82. The number of hydrogen-bond acceptors (Lipinski definition) is 5. The highest BCUT2D eigenvalue weighted by molar-refractivity contribution is 5.84. The van der Waals surface area contributed by atoms with Crippen LogP contribution >= 0.6 is 0 Å². The maximum Gasteiger partial charge on any atom is 0.229 e. The molecule has 0 saturated carbocycles. The summed E-state index contributed by atoms with van der Waals surface area (Å²) >= 11 is 0. The number of aromatic nitrogens is 1. The molecule has 1 N–H and O–H groups in total. The first-order chi connectivity index (χ1) is 11.2. The monoisotopic (exact) mass is 317 g/mol. The molecular weight excluding hydrogens is 294 g/mol. The van der Waals surface area contributed by atoms with Crippen molar-refractivity contribution in [2.75, 3.05) is 26.7 Å². The number of morpholine rings is 1. The SMILES string of the molecule is COc1ncccc1CN1CC2C[C@@]3(CCCNC3=O)C(C1)O2. The van der Waals surface area contributed by atoms with Crippen molar-refractivity contribution in [3.8, 4) is 5.88 Å². The topological polar surface area (TPSA) is 63.7 Å². The van der Waals surface area contributed by atoms with E-state index in [1.807, 2.05) is 12.1 Å². The lowest BCUT2D eigenvalue weighted by Gasteiger charge is -2.38. The third-order valence-electron chi connectivity index (χ3n) is 5.43. The minimum absolute atomic E-state index is 0.00390. The van der Waals surface area contributed by atoms with Gasteiger partial charge in [0.2, 0.25) is 11.8 Å². The van der Waals surface area contributed by atoms with E-state index in [9.17, 15) is 4.79 Å². The van der Waals surface area contributed by atoms with E-state index in [2.05, 4.69) is 15.2 Å². The number of piperidine rings is 1. The number of rotatable bonds is 3. The molecule has 0 aliphatic carbocycles. The van der Waals surface area contributed by atoms with Crippen LogP contribution in [0.25, 0.3) is 0 Å². The smallest absolute Gasteiger partial charge is 0.229 e. The first-order valence-corrected chi connectivity index (χ1v) is 8.35. The molecule has 1 spiro atoms. The van der Waals surface area contributed by atoms with Gasteiger partial charge in [0.15, 0.2) is 0 Å². The van der Waals surface area contributed by atoms with Crippen molar-refractivity contribution in [2.24, 2.45) is 5.41 Å². The molecule has 6 heteroatoms. The summed E-state index contributed by atoms with van der Waals surface area (Å²) in [6.07, 6.45) is 4.75. The summed E-state index contributed by atoms with van der Waals surface area (Å²) in [7, 11) is 1.65. The van der Waals surface area contributed by atoms with Crippen molar-refractivity contribution >= 4 is 5.91 Å². The number of carbonyl (C=O) groups excluding carboxylic acids is 1. The quantitative estimate of drug-likeness (QED) is 0.900. The zero-order valence-electron chi connectivity index (χ0n) is 13.5. The van der Waals surface area contributed by atoms with Gasteiger partial charge in [-0.15, -0.1) is 0 Å². The number of nitrogens with zero attached hydrogens (tertiary/aromatic N) is 2. The zero-order chi connectivity index (χ0) is 15.9. The van der Waals surface area contributed by atoms with Crippen molar-refractivity contribution in [1.29, 1.82) is 0 Å². The highest BCUT2D eigenvalue weighted by Crippen LogP contribution is 2.47. The maximum atomic E-state index is 12.5. The molecule has 23 heavy (non-hydrogen) atoms. The molecule has 3 aliphatic rings. The summed E-state index contributed by atoms with van der Waals surface area (Å²) in [5.41, 5.74) is 0.773. The van der Waals surface area contributed by atoms with E-state index < -0.39 is 0 Å². The molecule has 1 aromatic heterocycles. The van der Waals surface area contributed by atoms with Crippen LogP contribution in [0.2, 0.25) is 0 Å². The first kappa shape index (κ1) is 14.9. The minimum atomic E-state index is -0.309. The first-order valence-electron chi connectivity index (χ1n) is 8.35. The Morgan fingerprint density at radius 3 is 3.26 bits per heavy atom. The molecule has 1 aromatic rings. The molecule has 4 heterocycles. The van der Waals surface area contributed by atoms with E-state index in [1.165, 1.54) is 0 Å². The normalized spacial score (nSPS) is 33.7. The summed E-state index contributed by atoms with van der Waals surface area (Å²) in [6, 6.07) is 3.98. The Bertz CT molecular complexity index is 609. The highest BCUT2D eigenvalue weighted by atomic mass is 16.5. The van der Waals surface area contributed by atoms with E-state index >= 15 is 0 Å². The Hall–Kier alpha value is -1.66. The summed E-state index contributed by atoms with van der Waals surface area (Å²) in [4.78, 5) is 19.1. The molecule has 124 valence electrons. The molecule has 3 atom stereocenters. The molecule has 3 saturated heterocycles. The van der Waals surface area contributed by atoms with Crippen LogP contribution in [0.1, 0.15) is 24.8 Å². The van der Waals surface area contributed by atoms with Gasteiger partial charge < -0.3 is 14.8 Å². The standard InChI is InChI=1S/C17H23N3O3/c1-22-15-12(4-2-6-18-15)9-20-10-13-8-17(14(11-20)23-13)5-3-7-19-16(17)21/h2,4,6,13-14H,3,5,7-11H2,1H3,(H,19,21)/t13?,14?,17-/m0/s1. The Kier molecular flexibility index (Phi) is 3.73. The number of ether oxygens (including phenoxy) is 2. The predicted octanol–water partition coefficient (Wildman–Crippen LogP) is 0.960.